The van der Waals surface area contributed by atoms with Crippen LogP contribution in [-0.2, 0) is 4.79 Å². The molecule has 0 aromatic carbocycles. The highest BCUT2D eigenvalue weighted by Gasteiger charge is 2.31. The lowest BCUT2D eigenvalue weighted by atomic mass is 9.99. The molecule has 0 saturated carbocycles. The van der Waals surface area contributed by atoms with Gasteiger partial charge < -0.3 is 10.2 Å². The van der Waals surface area contributed by atoms with Gasteiger partial charge in [-0.3, -0.25) is 9.69 Å². The van der Waals surface area contributed by atoms with Crippen LogP contribution in [0.5, 0.6) is 0 Å². The fourth-order valence-corrected chi connectivity index (χ4v) is 2.70. The lowest BCUT2D eigenvalue weighted by molar-refractivity contribution is -0.139. The number of rotatable bonds is 4. The predicted molar refractivity (Wildman–Crippen MR) is 85.5 cm³/mol. The van der Waals surface area contributed by atoms with E-state index in [9.17, 15) is 4.79 Å². The van der Waals surface area contributed by atoms with Crippen molar-refractivity contribution in [1.82, 2.24) is 15.1 Å². The van der Waals surface area contributed by atoms with Gasteiger partial charge in [-0.1, -0.05) is 13.8 Å². The maximum Gasteiger partial charge on any atom is 0.240 e. The quantitative estimate of drug-likeness (QED) is 0.857. The Balaban J connectivity index is 0. The minimum atomic E-state index is 0. The third-order valence-electron chi connectivity index (χ3n) is 3.58. The highest BCUT2D eigenvalue weighted by molar-refractivity contribution is 5.85. The molecule has 2 unspecified atom stereocenters. The molecule has 116 valence electrons. The first kappa shape index (κ1) is 21.3. The zero-order valence-electron chi connectivity index (χ0n) is 12.7. The maximum atomic E-state index is 12.5. The highest BCUT2D eigenvalue weighted by Crippen LogP contribution is 2.16. The zero-order chi connectivity index (χ0) is 13.0. The van der Waals surface area contributed by atoms with Crippen molar-refractivity contribution in [2.45, 2.75) is 38.8 Å². The molecule has 1 fully saturated rings. The second-order valence-electron chi connectivity index (χ2n) is 5.56. The lowest BCUT2D eigenvalue weighted by Gasteiger charge is -2.37. The Morgan fingerprint density at radius 2 is 1.89 bits per heavy atom. The second kappa shape index (κ2) is 9.81. The monoisotopic (exact) mass is 313 g/mol. The predicted octanol–water partition coefficient (Wildman–Crippen LogP) is 1.63. The van der Waals surface area contributed by atoms with Gasteiger partial charge in [0.2, 0.25) is 5.91 Å². The van der Waals surface area contributed by atoms with Crippen molar-refractivity contribution in [3.8, 4) is 0 Å². The second-order valence-corrected chi connectivity index (χ2v) is 5.56. The number of hydrogen-bond acceptors (Lipinski definition) is 3. The molecule has 2 atom stereocenters. The average molecular weight is 314 g/mol. The van der Waals surface area contributed by atoms with Crippen LogP contribution in [0.3, 0.4) is 0 Å². The summed E-state index contributed by atoms with van der Waals surface area (Å²) in [6, 6.07) is 0.466. The summed E-state index contributed by atoms with van der Waals surface area (Å²) in [6.07, 6.45) is 2.28. The molecule has 6 heteroatoms. The summed E-state index contributed by atoms with van der Waals surface area (Å²) >= 11 is 0. The first-order valence-electron chi connectivity index (χ1n) is 6.59. The third-order valence-corrected chi connectivity index (χ3v) is 3.58. The van der Waals surface area contributed by atoms with Crippen molar-refractivity contribution in [3.63, 3.8) is 0 Å². The van der Waals surface area contributed by atoms with E-state index in [-0.39, 0.29) is 36.8 Å². The molecular weight excluding hydrogens is 285 g/mol. The number of likely N-dealkylation sites (N-methyl/N-ethyl adjacent to an activating group) is 2. The van der Waals surface area contributed by atoms with Gasteiger partial charge in [-0.2, -0.15) is 0 Å². The molecular formula is C13H29Cl2N3O. The first-order valence-corrected chi connectivity index (χ1v) is 6.59. The summed E-state index contributed by atoms with van der Waals surface area (Å²) in [5, 5.41) is 3.28. The largest absolute Gasteiger partial charge is 0.340 e. The van der Waals surface area contributed by atoms with Gasteiger partial charge in [-0.25, -0.2) is 0 Å². The van der Waals surface area contributed by atoms with E-state index in [4.69, 9.17) is 0 Å². The van der Waals surface area contributed by atoms with Gasteiger partial charge in [-0.15, -0.1) is 24.8 Å². The molecule has 1 heterocycles. The van der Waals surface area contributed by atoms with Crippen molar-refractivity contribution >= 4 is 30.7 Å². The first-order chi connectivity index (χ1) is 7.97. The van der Waals surface area contributed by atoms with Gasteiger partial charge in [0.05, 0.1) is 6.04 Å². The van der Waals surface area contributed by atoms with E-state index in [1.165, 1.54) is 6.42 Å². The van der Waals surface area contributed by atoms with Crippen LogP contribution in [0.2, 0.25) is 0 Å². The SMILES string of the molecule is CNC1CCCN(C(=O)C(C(C)C)N(C)C)C1.Cl.Cl. The number of nitrogens with zero attached hydrogens (tertiary/aromatic N) is 2. The Hall–Kier alpha value is -0.0300. The molecule has 0 bridgehead atoms. The molecule has 0 aromatic rings. The minimum Gasteiger partial charge on any atom is -0.340 e. The van der Waals surface area contributed by atoms with Crippen LogP contribution < -0.4 is 5.32 Å². The molecule has 1 aliphatic heterocycles. The van der Waals surface area contributed by atoms with E-state index in [0.717, 1.165) is 19.5 Å². The van der Waals surface area contributed by atoms with Gasteiger partial charge in [0.15, 0.2) is 0 Å². The molecule has 0 spiro atoms. The van der Waals surface area contributed by atoms with E-state index in [1.54, 1.807) is 0 Å². The van der Waals surface area contributed by atoms with Crippen molar-refractivity contribution in [2.24, 2.45) is 5.92 Å². The van der Waals surface area contributed by atoms with Crippen molar-refractivity contribution < 1.29 is 4.79 Å². The topological polar surface area (TPSA) is 35.6 Å². The van der Waals surface area contributed by atoms with Crippen molar-refractivity contribution in [2.75, 3.05) is 34.2 Å². The van der Waals surface area contributed by atoms with Crippen molar-refractivity contribution in [3.05, 3.63) is 0 Å². The highest BCUT2D eigenvalue weighted by atomic mass is 35.5. The van der Waals surface area contributed by atoms with E-state index < -0.39 is 0 Å². The summed E-state index contributed by atoms with van der Waals surface area (Å²) in [4.78, 5) is 16.6. The minimum absolute atomic E-state index is 0. The molecule has 19 heavy (non-hydrogen) atoms. The number of amides is 1. The maximum absolute atomic E-state index is 12.5. The van der Waals surface area contributed by atoms with E-state index in [0.29, 0.717) is 12.0 Å². The van der Waals surface area contributed by atoms with Crippen LogP contribution in [0.1, 0.15) is 26.7 Å². The summed E-state index contributed by atoms with van der Waals surface area (Å²) in [7, 11) is 5.95. The molecule has 0 aliphatic carbocycles. The molecule has 1 rings (SSSR count). The Bertz CT molecular complexity index is 254. The molecule has 1 N–H and O–H groups in total. The molecule has 1 aliphatic rings. The van der Waals surface area contributed by atoms with Gasteiger partial charge in [0.25, 0.3) is 0 Å². The number of hydrogen-bond donors (Lipinski definition) is 1. The van der Waals surface area contributed by atoms with Gasteiger partial charge >= 0.3 is 0 Å². The number of nitrogens with one attached hydrogen (secondary N) is 1. The van der Waals surface area contributed by atoms with Gasteiger partial charge in [0.1, 0.15) is 0 Å². The third kappa shape index (κ3) is 5.86. The van der Waals surface area contributed by atoms with Crippen LogP contribution in [0.4, 0.5) is 0 Å². The van der Waals surface area contributed by atoms with Crippen molar-refractivity contribution in [1.29, 1.82) is 0 Å². The smallest absolute Gasteiger partial charge is 0.240 e. The van der Waals surface area contributed by atoms with Crippen LogP contribution >= 0.6 is 24.8 Å². The fraction of sp³-hybridized carbons (Fsp3) is 0.923. The van der Waals surface area contributed by atoms with E-state index >= 15 is 0 Å². The van der Waals surface area contributed by atoms with Crippen LogP contribution in [0.15, 0.2) is 0 Å². The fourth-order valence-electron chi connectivity index (χ4n) is 2.70. The lowest BCUT2D eigenvalue weighted by Crippen LogP contribution is -2.54. The Labute approximate surface area is 130 Å². The summed E-state index contributed by atoms with van der Waals surface area (Å²) in [5.41, 5.74) is 0. The van der Waals surface area contributed by atoms with Crippen LogP contribution in [0, 0.1) is 5.92 Å². The standard InChI is InChI=1S/C13H27N3O.2ClH/c1-10(2)12(15(4)5)13(17)16-8-6-7-11(9-16)14-3;;/h10-12,14H,6-9H2,1-5H3;2*1H. The average Bonchev–Trinajstić information content (AvgIpc) is 2.28. The summed E-state index contributed by atoms with van der Waals surface area (Å²) in [5.74, 6) is 0.636. The van der Waals surface area contributed by atoms with Gasteiger partial charge in [-0.05, 0) is 39.9 Å². The number of piperidine rings is 1. The zero-order valence-corrected chi connectivity index (χ0v) is 14.3. The molecule has 0 radical (unpaired) electrons. The molecule has 4 nitrogen and oxygen atoms in total. The van der Waals surface area contributed by atoms with Crippen LogP contribution in [-0.4, -0.2) is 62.0 Å². The number of likely N-dealkylation sites (tertiary alicyclic amines) is 1. The van der Waals surface area contributed by atoms with Crippen LogP contribution in [0.25, 0.3) is 0 Å². The van der Waals surface area contributed by atoms with E-state index in [1.807, 2.05) is 30.9 Å². The molecule has 1 saturated heterocycles. The number of carbonyl (C=O) groups excluding carboxylic acids is 1. The normalized spacial score (nSPS) is 20.8. The number of halogens is 2. The Kier molecular flexibility index (Phi) is 11.0. The Morgan fingerprint density at radius 3 is 2.32 bits per heavy atom. The summed E-state index contributed by atoms with van der Waals surface area (Å²) < 4.78 is 0. The Morgan fingerprint density at radius 1 is 1.32 bits per heavy atom. The molecule has 1 amide bonds. The molecule has 0 aromatic heterocycles. The number of carbonyl (C=O) groups is 1. The summed E-state index contributed by atoms with van der Waals surface area (Å²) in [6.45, 7) is 5.99. The van der Waals surface area contributed by atoms with Gasteiger partial charge in [0, 0.05) is 19.1 Å². The van der Waals surface area contributed by atoms with E-state index in [2.05, 4.69) is 19.2 Å².